The Morgan fingerprint density at radius 3 is 2.79 bits per heavy atom. The molecule has 1 atom stereocenters. The highest BCUT2D eigenvalue weighted by Crippen LogP contribution is 2.25. The van der Waals surface area contributed by atoms with Crippen LogP contribution in [-0.2, 0) is 6.42 Å². The summed E-state index contributed by atoms with van der Waals surface area (Å²) in [4.78, 5) is 0. The molecule has 2 bridgehead atoms. The maximum Gasteiger partial charge on any atom is 0.120 e. The van der Waals surface area contributed by atoms with Crippen molar-refractivity contribution in [3.8, 4) is 11.5 Å². The van der Waals surface area contributed by atoms with Crippen molar-refractivity contribution in [1.82, 2.24) is 0 Å². The molecule has 0 amide bonds. The normalized spacial score (nSPS) is 20.5. The third-order valence-corrected chi connectivity index (χ3v) is 3.20. The van der Waals surface area contributed by atoms with E-state index in [0.29, 0.717) is 19.4 Å². The van der Waals surface area contributed by atoms with Gasteiger partial charge in [-0.3, -0.25) is 0 Å². The van der Waals surface area contributed by atoms with Crippen molar-refractivity contribution in [2.75, 3.05) is 6.61 Å². The van der Waals surface area contributed by atoms with E-state index >= 15 is 0 Å². The van der Waals surface area contributed by atoms with Crippen molar-refractivity contribution >= 4 is 0 Å². The van der Waals surface area contributed by atoms with Crippen LogP contribution in [0.25, 0.3) is 0 Å². The first kappa shape index (κ1) is 13.7. The van der Waals surface area contributed by atoms with Crippen LogP contribution in [0.15, 0.2) is 41.5 Å². The topological polar surface area (TPSA) is 49.7 Å². The molecule has 1 unspecified atom stereocenters. The second kappa shape index (κ2) is 5.93. The standard InChI is InChI=1S/C16H20O3/c1-11-3-4-13-9-15(5-6-16(13)18)19-10-12(2)8-14(17)7-11/h3,5-6,8-9,14,17-18H,4,7,10H2,1-2H3. The second-order valence-corrected chi connectivity index (χ2v) is 5.12. The lowest BCUT2D eigenvalue weighted by atomic mass is 10.0. The molecule has 3 heteroatoms. The number of phenols is 1. The third-order valence-electron chi connectivity index (χ3n) is 3.20. The number of fused-ring (bicyclic) bond motifs is 2. The molecule has 0 saturated heterocycles. The Labute approximate surface area is 113 Å². The van der Waals surface area contributed by atoms with E-state index in [1.54, 1.807) is 12.1 Å². The third kappa shape index (κ3) is 3.86. The van der Waals surface area contributed by atoms with Crippen LogP contribution in [0.5, 0.6) is 11.5 Å². The van der Waals surface area contributed by atoms with Crippen LogP contribution in [0.4, 0.5) is 0 Å². The molecular formula is C16H20O3. The number of hydrogen-bond donors (Lipinski definition) is 2. The Balaban J connectivity index is 2.33. The Bertz CT molecular complexity index is 515. The van der Waals surface area contributed by atoms with Crippen molar-refractivity contribution in [3.05, 3.63) is 47.1 Å². The summed E-state index contributed by atoms with van der Waals surface area (Å²) in [5.74, 6) is 1.02. The number of aliphatic hydroxyl groups is 1. The van der Waals surface area contributed by atoms with Gasteiger partial charge >= 0.3 is 0 Å². The molecule has 1 heterocycles. The van der Waals surface area contributed by atoms with E-state index in [-0.39, 0.29) is 5.75 Å². The lowest BCUT2D eigenvalue weighted by molar-refractivity contribution is 0.221. The summed E-state index contributed by atoms with van der Waals surface area (Å²) in [5.41, 5.74) is 2.95. The highest BCUT2D eigenvalue weighted by Gasteiger charge is 2.07. The average molecular weight is 260 g/mol. The lowest BCUT2D eigenvalue weighted by Crippen LogP contribution is -2.08. The van der Waals surface area contributed by atoms with Crippen LogP contribution in [0, 0.1) is 0 Å². The Hall–Kier alpha value is -1.74. The molecule has 0 radical (unpaired) electrons. The van der Waals surface area contributed by atoms with Gasteiger partial charge in [0, 0.05) is 5.56 Å². The van der Waals surface area contributed by atoms with E-state index < -0.39 is 6.10 Å². The highest BCUT2D eigenvalue weighted by molar-refractivity contribution is 5.40. The molecule has 1 aromatic carbocycles. The smallest absolute Gasteiger partial charge is 0.120 e. The van der Waals surface area contributed by atoms with Crippen molar-refractivity contribution in [2.24, 2.45) is 0 Å². The van der Waals surface area contributed by atoms with Gasteiger partial charge < -0.3 is 14.9 Å². The number of aromatic hydroxyl groups is 1. The van der Waals surface area contributed by atoms with Gasteiger partial charge in [-0.1, -0.05) is 17.7 Å². The largest absolute Gasteiger partial charge is 0.508 e. The molecule has 19 heavy (non-hydrogen) atoms. The molecule has 0 spiro atoms. The highest BCUT2D eigenvalue weighted by atomic mass is 16.5. The SMILES string of the molecule is CC1=CC(O)CC(C)=CCc2cc(ccc2O)OC1. The molecule has 1 aliphatic rings. The molecule has 0 saturated carbocycles. The molecule has 2 rings (SSSR count). The molecule has 1 aliphatic heterocycles. The first-order chi connectivity index (χ1) is 9.04. The monoisotopic (exact) mass is 260 g/mol. The Morgan fingerprint density at radius 1 is 1.21 bits per heavy atom. The van der Waals surface area contributed by atoms with Crippen molar-refractivity contribution < 1.29 is 14.9 Å². The van der Waals surface area contributed by atoms with Crippen LogP contribution in [-0.4, -0.2) is 22.9 Å². The fourth-order valence-electron chi connectivity index (χ4n) is 2.15. The van der Waals surface area contributed by atoms with Crippen molar-refractivity contribution in [2.45, 2.75) is 32.8 Å². The molecule has 1 aromatic rings. The van der Waals surface area contributed by atoms with Gasteiger partial charge in [0.1, 0.15) is 18.1 Å². The van der Waals surface area contributed by atoms with Gasteiger partial charge in [-0.25, -0.2) is 0 Å². The number of benzene rings is 1. The molecular weight excluding hydrogens is 240 g/mol. The van der Waals surface area contributed by atoms with E-state index in [1.807, 2.05) is 32.1 Å². The van der Waals surface area contributed by atoms with Gasteiger partial charge in [-0.05, 0) is 50.5 Å². The van der Waals surface area contributed by atoms with Gasteiger partial charge in [-0.2, -0.15) is 0 Å². The molecule has 0 aromatic heterocycles. The zero-order chi connectivity index (χ0) is 13.8. The maximum atomic E-state index is 9.93. The van der Waals surface area contributed by atoms with E-state index in [2.05, 4.69) is 0 Å². The van der Waals surface area contributed by atoms with Gasteiger partial charge in [0.25, 0.3) is 0 Å². The number of hydrogen-bond acceptors (Lipinski definition) is 3. The lowest BCUT2D eigenvalue weighted by Gasteiger charge is -2.13. The zero-order valence-corrected chi connectivity index (χ0v) is 11.4. The minimum Gasteiger partial charge on any atom is -0.508 e. The fourth-order valence-corrected chi connectivity index (χ4v) is 2.15. The van der Waals surface area contributed by atoms with Crippen molar-refractivity contribution in [1.29, 1.82) is 0 Å². The van der Waals surface area contributed by atoms with E-state index in [0.717, 1.165) is 22.5 Å². The van der Waals surface area contributed by atoms with E-state index in [1.165, 1.54) is 0 Å². The molecule has 102 valence electrons. The predicted molar refractivity (Wildman–Crippen MR) is 75.4 cm³/mol. The van der Waals surface area contributed by atoms with Crippen LogP contribution < -0.4 is 4.74 Å². The number of rotatable bonds is 0. The summed E-state index contributed by atoms with van der Waals surface area (Å²) in [5, 5.41) is 19.7. The number of ether oxygens (including phenoxy) is 1. The molecule has 3 nitrogen and oxygen atoms in total. The van der Waals surface area contributed by atoms with Gasteiger partial charge in [-0.15, -0.1) is 0 Å². The maximum absolute atomic E-state index is 9.93. The minimum atomic E-state index is -0.480. The first-order valence-corrected chi connectivity index (χ1v) is 6.50. The zero-order valence-electron chi connectivity index (χ0n) is 11.4. The van der Waals surface area contributed by atoms with Crippen LogP contribution >= 0.6 is 0 Å². The summed E-state index contributed by atoms with van der Waals surface area (Å²) in [6, 6.07) is 5.28. The molecule has 0 aliphatic carbocycles. The fraction of sp³-hybridized carbons (Fsp3) is 0.375. The number of phenolic OH excluding ortho intramolecular Hbond substituents is 1. The minimum absolute atomic E-state index is 0.279. The van der Waals surface area contributed by atoms with E-state index in [9.17, 15) is 10.2 Å². The predicted octanol–water partition coefficient (Wildman–Crippen LogP) is 2.97. The summed E-state index contributed by atoms with van der Waals surface area (Å²) >= 11 is 0. The second-order valence-electron chi connectivity index (χ2n) is 5.12. The summed E-state index contributed by atoms with van der Waals surface area (Å²) in [6.07, 6.45) is 4.64. The van der Waals surface area contributed by atoms with Gasteiger partial charge in [0.2, 0.25) is 0 Å². The van der Waals surface area contributed by atoms with Crippen LogP contribution in [0.3, 0.4) is 0 Å². The van der Waals surface area contributed by atoms with Gasteiger partial charge in [0.05, 0.1) is 6.10 Å². The Kier molecular flexibility index (Phi) is 4.27. The molecule has 0 fully saturated rings. The summed E-state index contributed by atoms with van der Waals surface area (Å²) in [6.45, 7) is 4.38. The quantitative estimate of drug-likeness (QED) is 0.705. The van der Waals surface area contributed by atoms with Gasteiger partial charge in [0.15, 0.2) is 0 Å². The Morgan fingerprint density at radius 2 is 2.00 bits per heavy atom. The number of aliphatic hydroxyl groups excluding tert-OH is 1. The van der Waals surface area contributed by atoms with Crippen LogP contribution in [0.2, 0.25) is 0 Å². The van der Waals surface area contributed by atoms with Crippen LogP contribution in [0.1, 0.15) is 25.8 Å². The summed E-state index contributed by atoms with van der Waals surface area (Å²) in [7, 11) is 0. The average Bonchev–Trinajstić information content (AvgIpc) is 2.34. The van der Waals surface area contributed by atoms with Crippen molar-refractivity contribution in [3.63, 3.8) is 0 Å². The summed E-state index contributed by atoms with van der Waals surface area (Å²) < 4.78 is 5.65. The van der Waals surface area contributed by atoms with E-state index in [4.69, 9.17) is 4.74 Å². The number of allylic oxidation sites excluding steroid dienone is 1. The molecule has 2 N–H and O–H groups in total. The first-order valence-electron chi connectivity index (χ1n) is 6.50.